The van der Waals surface area contributed by atoms with Crippen LogP contribution in [-0.2, 0) is 4.79 Å². The summed E-state index contributed by atoms with van der Waals surface area (Å²) in [6.07, 6.45) is 4.59. The third-order valence-electron chi connectivity index (χ3n) is 5.56. The van der Waals surface area contributed by atoms with Gasteiger partial charge in [-0.05, 0) is 43.2 Å². The van der Waals surface area contributed by atoms with Gasteiger partial charge in [-0.2, -0.15) is 0 Å². The van der Waals surface area contributed by atoms with E-state index in [9.17, 15) is 4.79 Å². The summed E-state index contributed by atoms with van der Waals surface area (Å²) in [4.78, 5) is 14.8. The fraction of sp³-hybridized carbons (Fsp3) is 0.348. The van der Waals surface area contributed by atoms with Crippen LogP contribution in [0.4, 0.5) is 0 Å². The van der Waals surface area contributed by atoms with Crippen molar-refractivity contribution < 1.29 is 14.3 Å². The lowest BCUT2D eigenvalue weighted by molar-refractivity contribution is -0.128. The minimum Gasteiger partial charge on any atom is -0.454 e. The molecule has 0 aliphatic carbocycles. The van der Waals surface area contributed by atoms with E-state index in [4.69, 9.17) is 9.47 Å². The van der Waals surface area contributed by atoms with Crippen molar-refractivity contribution >= 4 is 17.7 Å². The second-order valence-corrected chi connectivity index (χ2v) is 8.57. The molecule has 7 nitrogen and oxygen atoms in total. The lowest BCUT2D eigenvalue weighted by Gasteiger charge is -2.20. The third-order valence-corrected chi connectivity index (χ3v) is 6.48. The predicted molar refractivity (Wildman–Crippen MR) is 119 cm³/mol. The number of rotatable bonds is 5. The Labute approximate surface area is 185 Å². The molecule has 0 bridgehead atoms. The van der Waals surface area contributed by atoms with Crippen LogP contribution in [0.25, 0.3) is 17.1 Å². The second-order valence-electron chi connectivity index (χ2n) is 7.63. The van der Waals surface area contributed by atoms with Crippen molar-refractivity contribution in [1.82, 2.24) is 19.7 Å². The number of hydrogen-bond acceptors (Lipinski definition) is 6. The Balaban J connectivity index is 1.43. The molecule has 1 saturated heterocycles. The Morgan fingerprint density at radius 3 is 2.52 bits per heavy atom. The zero-order valence-electron chi connectivity index (χ0n) is 17.2. The summed E-state index contributed by atoms with van der Waals surface area (Å²) in [7, 11) is 0. The first-order valence-electron chi connectivity index (χ1n) is 10.6. The van der Waals surface area contributed by atoms with Gasteiger partial charge in [-0.15, -0.1) is 10.2 Å². The van der Waals surface area contributed by atoms with Crippen molar-refractivity contribution in [3.8, 4) is 28.6 Å². The Morgan fingerprint density at radius 2 is 1.71 bits per heavy atom. The molecule has 3 aromatic rings. The van der Waals surface area contributed by atoms with E-state index in [-0.39, 0.29) is 12.7 Å². The molecule has 0 atom stereocenters. The monoisotopic (exact) mass is 436 g/mol. The first kappa shape index (κ1) is 19.9. The lowest BCUT2D eigenvalue weighted by atomic mass is 10.2. The Bertz CT molecular complexity index is 1060. The van der Waals surface area contributed by atoms with Crippen molar-refractivity contribution in [2.24, 2.45) is 0 Å². The summed E-state index contributed by atoms with van der Waals surface area (Å²) >= 11 is 1.43. The van der Waals surface area contributed by atoms with Gasteiger partial charge in [-0.1, -0.05) is 42.8 Å². The number of nitrogens with zero attached hydrogens (tertiary/aromatic N) is 4. The highest BCUT2D eigenvalue weighted by atomic mass is 32.2. The SMILES string of the molecule is O=C(CSc1nnc(-c2ccc3c(c2)OCO3)n1-c1ccccc1)N1CCCCCC1. The first-order chi connectivity index (χ1) is 15.3. The largest absolute Gasteiger partial charge is 0.454 e. The molecule has 2 aliphatic heterocycles. The number of amides is 1. The van der Waals surface area contributed by atoms with E-state index >= 15 is 0 Å². The van der Waals surface area contributed by atoms with E-state index in [1.807, 2.05) is 58.0 Å². The number of para-hydroxylation sites is 1. The molecule has 2 aromatic carbocycles. The first-order valence-corrected chi connectivity index (χ1v) is 11.6. The summed E-state index contributed by atoms with van der Waals surface area (Å²) in [5.41, 5.74) is 1.83. The van der Waals surface area contributed by atoms with Crippen LogP contribution < -0.4 is 9.47 Å². The molecule has 1 aromatic heterocycles. The van der Waals surface area contributed by atoms with Gasteiger partial charge in [0.25, 0.3) is 0 Å². The zero-order chi connectivity index (χ0) is 21.0. The summed E-state index contributed by atoms with van der Waals surface area (Å²) in [5, 5.41) is 9.59. The highest BCUT2D eigenvalue weighted by molar-refractivity contribution is 7.99. The average molecular weight is 437 g/mol. The van der Waals surface area contributed by atoms with Crippen molar-refractivity contribution in [3.63, 3.8) is 0 Å². The minimum absolute atomic E-state index is 0.166. The highest BCUT2D eigenvalue weighted by Gasteiger charge is 2.22. The summed E-state index contributed by atoms with van der Waals surface area (Å²) in [5.74, 6) is 2.65. The maximum atomic E-state index is 12.8. The maximum absolute atomic E-state index is 12.8. The predicted octanol–water partition coefficient (Wildman–Crippen LogP) is 4.16. The van der Waals surface area contributed by atoms with Crippen LogP contribution in [0.5, 0.6) is 11.5 Å². The van der Waals surface area contributed by atoms with E-state index in [1.165, 1.54) is 24.6 Å². The van der Waals surface area contributed by atoms with E-state index in [0.29, 0.717) is 22.5 Å². The molecule has 5 rings (SSSR count). The van der Waals surface area contributed by atoms with Crippen LogP contribution in [0.1, 0.15) is 25.7 Å². The number of likely N-dealkylation sites (tertiary alicyclic amines) is 1. The number of thioether (sulfide) groups is 1. The standard InChI is InChI=1S/C23H24N4O3S/c28-21(26-12-6-1-2-7-13-26)15-31-23-25-24-22(27(23)18-8-4-3-5-9-18)17-10-11-19-20(14-17)30-16-29-19/h3-5,8-11,14H,1-2,6-7,12-13,15-16H2. The van der Waals surface area contributed by atoms with Gasteiger partial charge in [0.15, 0.2) is 22.5 Å². The minimum atomic E-state index is 0.166. The number of aromatic nitrogens is 3. The van der Waals surface area contributed by atoms with Crippen molar-refractivity contribution in [2.75, 3.05) is 25.6 Å². The van der Waals surface area contributed by atoms with Gasteiger partial charge < -0.3 is 14.4 Å². The number of ether oxygens (including phenoxy) is 2. The van der Waals surface area contributed by atoms with Gasteiger partial charge in [0.05, 0.1) is 5.75 Å². The van der Waals surface area contributed by atoms with Crippen molar-refractivity contribution in [3.05, 3.63) is 48.5 Å². The quantitative estimate of drug-likeness (QED) is 0.560. The van der Waals surface area contributed by atoms with Crippen LogP contribution in [0.2, 0.25) is 0 Å². The smallest absolute Gasteiger partial charge is 0.233 e. The molecular formula is C23H24N4O3S. The number of carbonyl (C=O) groups is 1. The number of benzene rings is 2. The molecule has 0 unspecified atom stereocenters. The van der Waals surface area contributed by atoms with E-state index < -0.39 is 0 Å². The molecule has 160 valence electrons. The summed E-state index contributed by atoms with van der Waals surface area (Å²) in [6, 6.07) is 15.7. The Morgan fingerprint density at radius 1 is 0.935 bits per heavy atom. The van der Waals surface area contributed by atoms with Crippen LogP contribution in [0.15, 0.2) is 53.7 Å². The van der Waals surface area contributed by atoms with E-state index in [0.717, 1.165) is 42.9 Å². The molecule has 0 radical (unpaired) electrons. The molecule has 2 aliphatic rings. The molecule has 31 heavy (non-hydrogen) atoms. The fourth-order valence-corrected chi connectivity index (χ4v) is 4.79. The molecule has 0 spiro atoms. The van der Waals surface area contributed by atoms with E-state index in [2.05, 4.69) is 10.2 Å². The molecular weight excluding hydrogens is 412 g/mol. The topological polar surface area (TPSA) is 69.5 Å². The fourth-order valence-electron chi connectivity index (χ4n) is 3.93. The Kier molecular flexibility index (Phi) is 5.80. The normalized spacial score (nSPS) is 15.7. The van der Waals surface area contributed by atoms with Gasteiger partial charge in [0, 0.05) is 24.3 Å². The van der Waals surface area contributed by atoms with E-state index in [1.54, 1.807) is 0 Å². The van der Waals surface area contributed by atoms with Gasteiger partial charge >= 0.3 is 0 Å². The van der Waals surface area contributed by atoms with Crippen molar-refractivity contribution in [1.29, 1.82) is 0 Å². The number of hydrogen-bond donors (Lipinski definition) is 0. The third kappa shape index (κ3) is 4.25. The lowest BCUT2D eigenvalue weighted by Crippen LogP contribution is -2.33. The molecule has 1 amide bonds. The van der Waals surface area contributed by atoms with Crippen LogP contribution >= 0.6 is 11.8 Å². The van der Waals surface area contributed by atoms with Gasteiger partial charge in [-0.3, -0.25) is 9.36 Å². The van der Waals surface area contributed by atoms with Gasteiger partial charge in [0.1, 0.15) is 0 Å². The van der Waals surface area contributed by atoms with Crippen LogP contribution in [-0.4, -0.2) is 51.2 Å². The molecule has 0 saturated carbocycles. The molecule has 1 fully saturated rings. The number of carbonyl (C=O) groups excluding carboxylic acids is 1. The second kappa shape index (κ2) is 9.01. The summed E-state index contributed by atoms with van der Waals surface area (Å²) < 4.78 is 13.0. The van der Waals surface area contributed by atoms with Crippen LogP contribution in [0, 0.1) is 0 Å². The maximum Gasteiger partial charge on any atom is 0.233 e. The molecule has 3 heterocycles. The zero-order valence-corrected chi connectivity index (χ0v) is 18.0. The summed E-state index contributed by atoms with van der Waals surface area (Å²) in [6.45, 7) is 1.93. The Hall–Kier alpha value is -3.00. The van der Waals surface area contributed by atoms with Gasteiger partial charge in [0.2, 0.25) is 12.7 Å². The van der Waals surface area contributed by atoms with Gasteiger partial charge in [-0.25, -0.2) is 0 Å². The number of fused-ring (bicyclic) bond motifs is 1. The average Bonchev–Trinajstić information content (AvgIpc) is 3.36. The molecule has 8 heteroatoms. The van der Waals surface area contributed by atoms with Crippen molar-refractivity contribution in [2.45, 2.75) is 30.8 Å². The molecule has 0 N–H and O–H groups in total. The highest BCUT2D eigenvalue weighted by Crippen LogP contribution is 2.37. The van der Waals surface area contributed by atoms with Crippen LogP contribution in [0.3, 0.4) is 0 Å².